The fraction of sp³-hybridized carbons (Fsp3) is 1.00. The third-order valence-electron chi connectivity index (χ3n) is 2.37. The maximum Gasteiger partial charge on any atom is 0.109 e. The highest BCUT2D eigenvalue weighted by atomic mass is 16.4. The molecule has 4 N–H and O–H groups in total. The Morgan fingerprint density at radius 2 is 1.83 bits per heavy atom. The van der Waals surface area contributed by atoms with E-state index in [0.717, 1.165) is 0 Å². The normalized spacial score (nSPS) is 44.8. The van der Waals surface area contributed by atoms with Crippen LogP contribution in [0.15, 0.2) is 0 Å². The van der Waals surface area contributed by atoms with Crippen molar-refractivity contribution in [3.8, 4) is 0 Å². The van der Waals surface area contributed by atoms with Crippen molar-refractivity contribution >= 4 is 0 Å². The van der Waals surface area contributed by atoms with E-state index < -0.39 is 24.4 Å². The highest BCUT2D eigenvalue weighted by Gasteiger charge is 2.39. The minimum atomic E-state index is -1.15. The maximum atomic E-state index is 9.37. The van der Waals surface area contributed by atoms with Gasteiger partial charge in [-0.2, -0.15) is 0 Å². The average molecular weight is 177 g/mol. The number of rotatable bonds is 1. The number of likely N-dealkylation sites (tertiary alicyclic amines) is 1. The minimum absolute atomic E-state index is 0.221. The lowest BCUT2D eigenvalue weighted by Gasteiger charge is -2.40. The predicted molar refractivity (Wildman–Crippen MR) is 41.5 cm³/mol. The number of hydrogen-bond acceptors (Lipinski definition) is 5. The average Bonchev–Trinajstić information content (AvgIpc) is 2.01. The molecule has 0 aromatic heterocycles. The van der Waals surface area contributed by atoms with Crippen molar-refractivity contribution in [2.75, 3.05) is 20.2 Å². The molecule has 1 rings (SSSR count). The smallest absolute Gasteiger partial charge is 0.109 e. The van der Waals surface area contributed by atoms with Crippen molar-refractivity contribution in [1.82, 2.24) is 4.90 Å². The van der Waals surface area contributed by atoms with E-state index in [1.54, 1.807) is 11.9 Å². The van der Waals surface area contributed by atoms with Gasteiger partial charge in [-0.3, -0.25) is 4.90 Å². The molecule has 12 heavy (non-hydrogen) atoms. The summed E-state index contributed by atoms with van der Waals surface area (Å²) in [6.45, 7) is 0.0465. The van der Waals surface area contributed by atoms with Gasteiger partial charge in [0.1, 0.15) is 12.2 Å². The molecule has 0 amide bonds. The van der Waals surface area contributed by atoms with Crippen LogP contribution in [0.25, 0.3) is 0 Å². The Morgan fingerprint density at radius 1 is 1.25 bits per heavy atom. The lowest BCUT2D eigenvalue weighted by molar-refractivity contribution is -0.138. The highest BCUT2D eigenvalue weighted by Crippen LogP contribution is 2.16. The van der Waals surface area contributed by atoms with Crippen molar-refractivity contribution < 1.29 is 20.4 Å². The van der Waals surface area contributed by atoms with Crippen molar-refractivity contribution in [3.05, 3.63) is 0 Å². The quantitative estimate of drug-likeness (QED) is 0.352. The van der Waals surface area contributed by atoms with Gasteiger partial charge >= 0.3 is 0 Å². The number of β-amino-alcohol motifs (C(OH)–C–C–N with tert-alkyl or cyclic N) is 1. The zero-order valence-electron chi connectivity index (χ0n) is 6.96. The Kier molecular flexibility index (Phi) is 3.03. The summed E-state index contributed by atoms with van der Waals surface area (Å²) in [5.74, 6) is 0. The summed E-state index contributed by atoms with van der Waals surface area (Å²) >= 11 is 0. The van der Waals surface area contributed by atoms with Crippen LogP contribution < -0.4 is 0 Å². The molecule has 0 spiro atoms. The molecule has 0 aliphatic carbocycles. The lowest BCUT2D eigenvalue weighted by Crippen LogP contribution is -2.61. The lowest BCUT2D eigenvalue weighted by atomic mass is 9.95. The van der Waals surface area contributed by atoms with E-state index in [1.165, 1.54) is 0 Å². The molecule has 5 nitrogen and oxygen atoms in total. The molecule has 5 heteroatoms. The number of aliphatic hydroxyl groups excluding tert-OH is 4. The van der Waals surface area contributed by atoms with Crippen LogP contribution >= 0.6 is 0 Å². The van der Waals surface area contributed by atoms with Crippen LogP contribution in [0.3, 0.4) is 0 Å². The van der Waals surface area contributed by atoms with Crippen LogP contribution in [0.5, 0.6) is 0 Å². The summed E-state index contributed by atoms with van der Waals surface area (Å²) in [4.78, 5) is 1.63. The van der Waals surface area contributed by atoms with Gasteiger partial charge in [-0.05, 0) is 7.05 Å². The molecule has 0 bridgehead atoms. The third-order valence-corrected chi connectivity index (χ3v) is 2.37. The molecular weight excluding hydrogens is 162 g/mol. The molecule has 0 aromatic carbocycles. The zero-order valence-corrected chi connectivity index (χ0v) is 6.96. The number of hydrogen-bond donors (Lipinski definition) is 4. The van der Waals surface area contributed by atoms with Crippen molar-refractivity contribution in [1.29, 1.82) is 0 Å². The van der Waals surface area contributed by atoms with Crippen LogP contribution in [0.4, 0.5) is 0 Å². The van der Waals surface area contributed by atoms with E-state index >= 15 is 0 Å². The molecule has 1 heterocycles. The summed E-state index contributed by atoms with van der Waals surface area (Å²) in [5, 5.41) is 36.6. The molecule has 4 atom stereocenters. The molecule has 0 saturated carbocycles. The van der Waals surface area contributed by atoms with E-state index in [0.29, 0.717) is 0 Å². The Hall–Kier alpha value is -0.200. The minimum Gasteiger partial charge on any atom is -0.395 e. The molecule has 0 radical (unpaired) electrons. The first-order chi connectivity index (χ1) is 5.57. The largest absolute Gasteiger partial charge is 0.395 e. The summed E-state index contributed by atoms with van der Waals surface area (Å²) < 4.78 is 0. The SMILES string of the molecule is CN1C[C@@H](O)[C@@H](O)[C@H](O)[C@@H]1CO. The number of piperidine rings is 1. The Balaban J connectivity index is 2.65. The van der Waals surface area contributed by atoms with E-state index in [9.17, 15) is 15.3 Å². The van der Waals surface area contributed by atoms with Crippen LogP contribution in [0.1, 0.15) is 0 Å². The zero-order chi connectivity index (χ0) is 9.30. The Labute approximate surface area is 70.9 Å². The van der Waals surface area contributed by atoms with E-state index in [1.807, 2.05) is 0 Å². The van der Waals surface area contributed by atoms with Crippen LogP contribution in [0.2, 0.25) is 0 Å². The molecule has 1 aliphatic rings. The van der Waals surface area contributed by atoms with E-state index in [-0.39, 0.29) is 13.2 Å². The van der Waals surface area contributed by atoms with Crippen LogP contribution in [-0.4, -0.2) is 69.9 Å². The second-order valence-corrected chi connectivity index (χ2v) is 3.24. The first-order valence-electron chi connectivity index (χ1n) is 3.93. The van der Waals surface area contributed by atoms with Crippen molar-refractivity contribution in [2.45, 2.75) is 24.4 Å². The number of aliphatic hydroxyl groups is 4. The fourth-order valence-corrected chi connectivity index (χ4v) is 1.50. The molecule has 72 valence electrons. The molecule has 0 aromatic rings. The number of nitrogens with zero attached hydrogens (tertiary/aromatic N) is 1. The molecular formula is C7H15NO4. The van der Waals surface area contributed by atoms with Gasteiger partial charge in [0.15, 0.2) is 0 Å². The Bertz CT molecular complexity index is 154. The second-order valence-electron chi connectivity index (χ2n) is 3.24. The summed E-state index contributed by atoms with van der Waals surface area (Å²) in [6.07, 6.45) is -3.17. The van der Waals surface area contributed by atoms with Crippen LogP contribution in [0, 0.1) is 0 Å². The first kappa shape index (κ1) is 9.88. The first-order valence-corrected chi connectivity index (χ1v) is 3.93. The summed E-state index contributed by atoms with van der Waals surface area (Å²) in [6, 6.07) is -0.483. The van der Waals surface area contributed by atoms with Gasteiger partial charge in [0.25, 0.3) is 0 Å². The standard InChI is InChI=1S/C7H15NO4/c1-8-2-5(10)7(12)6(11)4(8)3-9/h4-7,9-12H,2-3H2,1H3/t4-,5+,6+,7+/m0/s1. The monoisotopic (exact) mass is 177 g/mol. The molecule has 0 unspecified atom stereocenters. The topological polar surface area (TPSA) is 84.2 Å². The van der Waals surface area contributed by atoms with Gasteiger partial charge in [0.2, 0.25) is 0 Å². The summed E-state index contributed by atoms with van der Waals surface area (Å²) in [5.41, 5.74) is 0. The molecule has 1 fully saturated rings. The van der Waals surface area contributed by atoms with E-state index in [2.05, 4.69) is 0 Å². The van der Waals surface area contributed by atoms with Crippen molar-refractivity contribution in [2.24, 2.45) is 0 Å². The van der Waals surface area contributed by atoms with Gasteiger partial charge < -0.3 is 20.4 Å². The van der Waals surface area contributed by atoms with Crippen LogP contribution in [-0.2, 0) is 0 Å². The molecule has 1 saturated heterocycles. The van der Waals surface area contributed by atoms with Crippen molar-refractivity contribution in [3.63, 3.8) is 0 Å². The Morgan fingerprint density at radius 3 is 2.33 bits per heavy atom. The van der Waals surface area contributed by atoms with E-state index in [4.69, 9.17) is 5.11 Å². The fourth-order valence-electron chi connectivity index (χ4n) is 1.50. The highest BCUT2D eigenvalue weighted by molar-refractivity contribution is 4.92. The summed E-state index contributed by atoms with van der Waals surface area (Å²) in [7, 11) is 1.68. The maximum absolute atomic E-state index is 9.37. The second kappa shape index (κ2) is 3.68. The van der Waals surface area contributed by atoms with Gasteiger partial charge in [-0.1, -0.05) is 0 Å². The third kappa shape index (κ3) is 1.60. The van der Waals surface area contributed by atoms with Gasteiger partial charge in [0.05, 0.1) is 18.8 Å². The van der Waals surface area contributed by atoms with Gasteiger partial charge in [0, 0.05) is 6.54 Å². The molecule has 1 aliphatic heterocycles. The predicted octanol–water partition coefficient (Wildman–Crippen LogP) is -2.62. The van der Waals surface area contributed by atoms with Gasteiger partial charge in [-0.25, -0.2) is 0 Å². The van der Waals surface area contributed by atoms with Gasteiger partial charge in [-0.15, -0.1) is 0 Å². The number of likely N-dealkylation sites (N-methyl/N-ethyl adjacent to an activating group) is 1.